The van der Waals surface area contributed by atoms with Crippen LogP contribution in [0.25, 0.3) is 0 Å². The van der Waals surface area contributed by atoms with Crippen LogP contribution in [0.15, 0.2) is 4.99 Å². The zero-order chi connectivity index (χ0) is 33.6. The highest BCUT2D eigenvalue weighted by atomic mass is 16.7. The van der Waals surface area contributed by atoms with E-state index in [9.17, 15) is 19.5 Å². The van der Waals surface area contributed by atoms with Crippen molar-refractivity contribution in [1.29, 1.82) is 0 Å². The van der Waals surface area contributed by atoms with Crippen molar-refractivity contribution in [2.75, 3.05) is 34.3 Å². The van der Waals surface area contributed by atoms with Crippen LogP contribution in [-0.4, -0.2) is 127 Å². The van der Waals surface area contributed by atoms with E-state index in [4.69, 9.17) is 28.7 Å². The number of methoxy groups -OCH3 is 1. The van der Waals surface area contributed by atoms with Gasteiger partial charge in [-0.05, 0) is 67.0 Å². The second kappa shape index (κ2) is 13.5. The molecule has 12 heteroatoms. The average molecular weight is 638 g/mol. The first kappa shape index (κ1) is 35.7. The highest BCUT2D eigenvalue weighted by Crippen LogP contribution is 2.44. The average Bonchev–Trinajstić information content (AvgIpc) is 3.11. The largest absolute Gasteiger partial charge is 0.458 e. The third-order valence-corrected chi connectivity index (χ3v) is 10.8. The van der Waals surface area contributed by atoms with Crippen LogP contribution in [0.2, 0.25) is 0 Å². The maximum Gasteiger partial charge on any atom is 0.410 e. The van der Waals surface area contributed by atoms with E-state index >= 15 is 0 Å². The predicted octanol–water partition coefficient (Wildman–Crippen LogP) is 3.08. The summed E-state index contributed by atoms with van der Waals surface area (Å²) in [7, 11) is 5.38. The molecule has 0 aromatic carbocycles. The van der Waals surface area contributed by atoms with E-state index in [1.54, 1.807) is 18.9 Å². The summed E-state index contributed by atoms with van der Waals surface area (Å²) in [5.74, 6) is -3.41. The van der Waals surface area contributed by atoms with Crippen LogP contribution in [0.5, 0.6) is 0 Å². The molecule has 4 heterocycles. The fourth-order valence-corrected chi connectivity index (χ4v) is 8.31. The number of nitrogens with zero attached hydrogens (tertiary/aromatic N) is 3. The minimum Gasteiger partial charge on any atom is -0.458 e. The monoisotopic (exact) mass is 637 g/mol. The quantitative estimate of drug-likeness (QED) is 0.354. The number of esters is 1. The van der Waals surface area contributed by atoms with Crippen LogP contribution < -0.4 is 0 Å². The third-order valence-electron chi connectivity index (χ3n) is 10.8. The van der Waals surface area contributed by atoms with Crippen molar-refractivity contribution in [2.45, 2.75) is 129 Å². The van der Waals surface area contributed by atoms with E-state index in [-0.39, 0.29) is 29.8 Å². The van der Waals surface area contributed by atoms with Gasteiger partial charge in [-0.3, -0.25) is 19.5 Å². The van der Waals surface area contributed by atoms with E-state index in [1.165, 1.54) is 6.92 Å². The second-order valence-corrected chi connectivity index (χ2v) is 14.3. The number of amides is 1. The molecule has 0 aliphatic carbocycles. The van der Waals surface area contributed by atoms with Crippen molar-refractivity contribution in [3.8, 4) is 0 Å². The molecule has 256 valence electrons. The summed E-state index contributed by atoms with van der Waals surface area (Å²) >= 11 is 0. The molecule has 0 radical (unpaired) electrons. The molecule has 3 fully saturated rings. The molecule has 4 rings (SSSR count). The first-order valence-corrected chi connectivity index (χ1v) is 16.5. The SMILES string of the molecule is CCC1OC(=O)[C@H](C)C(=O)[C@H](C)[C@@H](O[C@@H]2O[C@H](C)C[C@H](N(C)C)[C@H]2O)[C@](C)(OC)C[C@@H](C)C2=NCCN3C(=O)O[C@@]1(C)[C@H]3[C@H]2C. The summed E-state index contributed by atoms with van der Waals surface area (Å²) in [6.07, 6.45) is -2.91. The number of ether oxygens (including phenoxy) is 5. The maximum absolute atomic E-state index is 14.1. The van der Waals surface area contributed by atoms with Gasteiger partial charge in [-0.2, -0.15) is 0 Å². The number of carbonyl (C=O) groups is 3. The van der Waals surface area contributed by atoms with Gasteiger partial charge in [-0.1, -0.05) is 27.7 Å². The lowest BCUT2D eigenvalue weighted by atomic mass is 9.73. The molecule has 13 atom stereocenters. The Morgan fingerprint density at radius 3 is 2.36 bits per heavy atom. The van der Waals surface area contributed by atoms with Crippen LogP contribution in [0.3, 0.4) is 0 Å². The van der Waals surface area contributed by atoms with Gasteiger partial charge in [-0.25, -0.2) is 4.79 Å². The normalized spacial score (nSPS) is 45.0. The number of fused-ring (bicyclic) bond motifs is 1. The molecule has 0 aromatic rings. The molecule has 4 aliphatic rings. The van der Waals surface area contributed by atoms with Crippen LogP contribution >= 0.6 is 0 Å². The lowest BCUT2D eigenvalue weighted by Crippen LogP contribution is -2.60. The Kier molecular flexibility index (Phi) is 10.8. The summed E-state index contributed by atoms with van der Waals surface area (Å²) in [6, 6.07) is -0.652. The standard InChI is InChI=1S/C33H55N3O9/c1-12-23-33(8)27-19(4)24(34-13-14-36(27)31(40)45-33)17(2)16-32(7,41-11)28(20(5)25(37)21(6)29(39)43-23)44-30-26(38)22(35(9)10)15-18(3)42-30/h17-23,26-28,30,38H,12-16H2,1-11H3/t17-,18-,19+,20+,21-,22+,23?,26-,27-,28-,30+,32-,33-/m1/s1. The number of aliphatic hydroxyl groups excluding tert-OH is 1. The molecule has 45 heavy (non-hydrogen) atoms. The van der Waals surface area contributed by atoms with Gasteiger partial charge in [0.05, 0.1) is 30.4 Å². The molecule has 0 spiro atoms. The lowest BCUT2D eigenvalue weighted by Gasteiger charge is -2.47. The van der Waals surface area contributed by atoms with Crippen LogP contribution in [0, 0.1) is 23.7 Å². The Hall–Kier alpha value is -2.12. The molecule has 0 saturated carbocycles. The van der Waals surface area contributed by atoms with Crippen molar-refractivity contribution in [1.82, 2.24) is 9.80 Å². The number of hydrogen-bond donors (Lipinski definition) is 1. The van der Waals surface area contributed by atoms with Crippen LogP contribution in [-0.2, 0) is 33.3 Å². The fraction of sp³-hybridized carbons (Fsp3) is 0.879. The van der Waals surface area contributed by atoms with E-state index in [1.807, 2.05) is 53.6 Å². The molecule has 2 bridgehead atoms. The highest BCUT2D eigenvalue weighted by molar-refractivity contribution is 6.00. The molecule has 1 N–H and O–H groups in total. The van der Waals surface area contributed by atoms with Crippen LogP contribution in [0.1, 0.15) is 74.7 Å². The van der Waals surface area contributed by atoms with Crippen molar-refractivity contribution < 1.29 is 43.2 Å². The van der Waals surface area contributed by atoms with Crippen molar-refractivity contribution in [3.05, 3.63) is 0 Å². The number of carbonyl (C=O) groups excluding carboxylic acids is 3. The zero-order valence-electron chi connectivity index (χ0n) is 28.9. The number of aliphatic imine (C=N–C) groups is 1. The zero-order valence-corrected chi connectivity index (χ0v) is 28.9. The molecule has 1 amide bonds. The lowest BCUT2D eigenvalue weighted by molar-refractivity contribution is -0.295. The number of hydrogen-bond acceptors (Lipinski definition) is 11. The van der Waals surface area contributed by atoms with Gasteiger partial charge < -0.3 is 33.7 Å². The second-order valence-electron chi connectivity index (χ2n) is 14.3. The molecule has 1 unspecified atom stereocenters. The van der Waals surface area contributed by atoms with E-state index in [0.717, 1.165) is 5.71 Å². The highest BCUT2D eigenvalue weighted by Gasteiger charge is 2.60. The van der Waals surface area contributed by atoms with E-state index < -0.39 is 65.7 Å². The first-order valence-electron chi connectivity index (χ1n) is 16.5. The number of cyclic esters (lactones) is 1. The first-order chi connectivity index (χ1) is 21.0. The van der Waals surface area contributed by atoms with Crippen molar-refractivity contribution in [2.24, 2.45) is 28.7 Å². The Morgan fingerprint density at radius 2 is 1.76 bits per heavy atom. The minimum atomic E-state index is -1.14. The molecule has 12 nitrogen and oxygen atoms in total. The van der Waals surface area contributed by atoms with Crippen LogP contribution in [0.4, 0.5) is 4.79 Å². The Morgan fingerprint density at radius 1 is 1.09 bits per heavy atom. The summed E-state index contributed by atoms with van der Waals surface area (Å²) < 4.78 is 31.1. The topological polar surface area (TPSA) is 136 Å². The van der Waals surface area contributed by atoms with Gasteiger partial charge in [0.15, 0.2) is 17.7 Å². The number of likely N-dealkylation sites (N-methyl/N-ethyl adjacent to an activating group) is 1. The summed E-state index contributed by atoms with van der Waals surface area (Å²) in [6.45, 7) is 15.7. The minimum absolute atomic E-state index is 0.146. The number of rotatable bonds is 5. The van der Waals surface area contributed by atoms with Gasteiger partial charge in [-0.15, -0.1) is 0 Å². The van der Waals surface area contributed by atoms with Gasteiger partial charge in [0, 0.05) is 37.2 Å². The molecular weight excluding hydrogens is 582 g/mol. The Bertz CT molecular complexity index is 1150. The number of Topliss-reactive ketones (excluding diaryl/α,β-unsaturated/α-hetero) is 1. The molecule has 0 aromatic heterocycles. The number of ketones is 1. The van der Waals surface area contributed by atoms with Gasteiger partial charge >= 0.3 is 12.1 Å². The molecular formula is C33H55N3O9. The van der Waals surface area contributed by atoms with E-state index in [0.29, 0.717) is 32.4 Å². The van der Waals surface area contributed by atoms with Crippen molar-refractivity contribution >= 4 is 23.6 Å². The summed E-state index contributed by atoms with van der Waals surface area (Å²) in [5.41, 5.74) is -1.31. The summed E-state index contributed by atoms with van der Waals surface area (Å²) in [5, 5.41) is 11.4. The number of aliphatic hydroxyl groups is 1. The van der Waals surface area contributed by atoms with Crippen molar-refractivity contribution in [3.63, 3.8) is 0 Å². The van der Waals surface area contributed by atoms with Gasteiger partial charge in [0.25, 0.3) is 0 Å². The molecule has 4 aliphatic heterocycles. The van der Waals surface area contributed by atoms with E-state index in [2.05, 4.69) is 6.92 Å². The maximum atomic E-state index is 14.1. The predicted molar refractivity (Wildman–Crippen MR) is 167 cm³/mol. The Balaban J connectivity index is 1.80. The van der Waals surface area contributed by atoms with Gasteiger partial charge in [0.2, 0.25) is 0 Å². The Labute approximate surface area is 268 Å². The third kappa shape index (κ3) is 6.54. The van der Waals surface area contributed by atoms with Gasteiger partial charge in [0.1, 0.15) is 18.1 Å². The fourth-order valence-electron chi connectivity index (χ4n) is 8.31. The molecule has 3 saturated heterocycles. The summed E-state index contributed by atoms with van der Waals surface area (Å²) in [4.78, 5) is 49.6. The smallest absolute Gasteiger partial charge is 0.410 e.